The first-order valence-electron chi connectivity index (χ1n) is 7.27. The number of aryl methyl sites for hydroxylation is 1. The zero-order chi connectivity index (χ0) is 14.5. The van der Waals surface area contributed by atoms with Gasteiger partial charge in [0.15, 0.2) is 0 Å². The maximum Gasteiger partial charge on any atom is 0.0666 e. The third-order valence-electron chi connectivity index (χ3n) is 3.54. The Hall–Kier alpha value is -2.55. The van der Waals surface area contributed by atoms with Crippen molar-refractivity contribution in [3.8, 4) is 5.69 Å². The molecule has 0 atom stereocenters. The highest BCUT2D eigenvalue weighted by Crippen LogP contribution is 2.15. The molecule has 3 rings (SSSR count). The van der Waals surface area contributed by atoms with E-state index in [1.807, 2.05) is 29.1 Å². The summed E-state index contributed by atoms with van der Waals surface area (Å²) in [5, 5.41) is 7.71. The SMILES string of the molecule is CCc1ccc(CNc2cccc(-n3cccn3)c2)cc1. The van der Waals surface area contributed by atoms with E-state index in [2.05, 4.69) is 53.7 Å². The van der Waals surface area contributed by atoms with Crippen LogP contribution in [0.4, 0.5) is 5.69 Å². The van der Waals surface area contributed by atoms with Gasteiger partial charge in [-0.3, -0.25) is 0 Å². The highest BCUT2D eigenvalue weighted by Gasteiger charge is 1.99. The summed E-state index contributed by atoms with van der Waals surface area (Å²) in [5.74, 6) is 0. The molecule has 21 heavy (non-hydrogen) atoms. The van der Waals surface area contributed by atoms with E-state index in [4.69, 9.17) is 0 Å². The van der Waals surface area contributed by atoms with Crippen LogP contribution in [-0.4, -0.2) is 9.78 Å². The van der Waals surface area contributed by atoms with Gasteiger partial charge in [-0.1, -0.05) is 37.3 Å². The first-order chi connectivity index (χ1) is 10.3. The maximum absolute atomic E-state index is 4.25. The second-order valence-electron chi connectivity index (χ2n) is 5.02. The van der Waals surface area contributed by atoms with Gasteiger partial charge in [0.1, 0.15) is 0 Å². The van der Waals surface area contributed by atoms with E-state index in [1.54, 1.807) is 6.20 Å². The normalized spacial score (nSPS) is 10.5. The summed E-state index contributed by atoms with van der Waals surface area (Å²) < 4.78 is 1.86. The minimum atomic E-state index is 0.826. The number of aromatic nitrogens is 2. The third kappa shape index (κ3) is 3.31. The van der Waals surface area contributed by atoms with Crippen molar-refractivity contribution in [3.63, 3.8) is 0 Å². The van der Waals surface area contributed by atoms with Crippen LogP contribution in [0.25, 0.3) is 5.69 Å². The molecule has 0 radical (unpaired) electrons. The molecule has 0 aliphatic heterocycles. The number of benzene rings is 2. The Morgan fingerprint density at radius 1 is 1.00 bits per heavy atom. The van der Waals surface area contributed by atoms with Crippen molar-refractivity contribution < 1.29 is 0 Å². The van der Waals surface area contributed by atoms with Gasteiger partial charge in [-0.2, -0.15) is 5.10 Å². The molecule has 3 heteroatoms. The lowest BCUT2D eigenvalue weighted by Crippen LogP contribution is -2.01. The lowest BCUT2D eigenvalue weighted by Gasteiger charge is -2.09. The molecule has 0 saturated carbocycles. The van der Waals surface area contributed by atoms with Crippen LogP contribution in [0.15, 0.2) is 67.0 Å². The Bertz CT molecular complexity index is 685. The fraction of sp³-hybridized carbons (Fsp3) is 0.167. The lowest BCUT2D eigenvalue weighted by molar-refractivity contribution is 0.880. The maximum atomic E-state index is 4.25. The van der Waals surface area contributed by atoms with Crippen molar-refractivity contribution in [2.75, 3.05) is 5.32 Å². The van der Waals surface area contributed by atoms with Crippen molar-refractivity contribution in [1.82, 2.24) is 9.78 Å². The molecule has 0 aliphatic carbocycles. The number of hydrogen-bond acceptors (Lipinski definition) is 2. The van der Waals surface area contributed by atoms with Gasteiger partial charge in [0, 0.05) is 24.6 Å². The molecule has 0 fully saturated rings. The molecule has 0 amide bonds. The summed E-state index contributed by atoms with van der Waals surface area (Å²) in [4.78, 5) is 0. The van der Waals surface area contributed by atoms with Gasteiger partial charge < -0.3 is 5.32 Å². The Balaban J connectivity index is 1.68. The van der Waals surface area contributed by atoms with E-state index in [1.165, 1.54) is 11.1 Å². The van der Waals surface area contributed by atoms with Crippen molar-refractivity contribution in [2.24, 2.45) is 0 Å². The molecule has 3 nitrogen and oxygen atoms in total. The average molecular weight is 277 g/mol. The molecule has 0 bridgehead atoms. The molecule has 2 aromatic carbocycles. The van der Waals surface area contributed by atoms with E-state index < -0.39 is 0 Å². The highest BCUT2D eigenvalue weighted by molar-refractivity contribution is 5.51. The molecule has 3 aromatic rings. The monoisotopic (exact) mass is 277 g/mol. The van der Waals surface area contributed by atoms with Gasteiger partial charge in [-0.05, 0) is 41.8 Å². The summed E-state index contributed by atoms with van der Waals surface area (Å²) in [6.45, 7) is 3.00. The van der Waals surface area contributed by atoms with Crippen LogP contribution in [-0.2, 0) is 13.0 Å². The molecule has 0 unspecified atom stereocenters. The molecule has 1 aromatic heterocycles. The Kier molecular flexibility index (Phi) is 4.01. The Morgan fingerprint density at radius 2 is 1.81 bits per heavy atom. The van der Waals surface area contributed by atoms with Gasteiger partial charge in [0.25, 0.3) is 0 Å². The first-order valence-corrected chi connectivity index (χ1v) is 7.27. The van der Waals surface area contributed by atoms with Crippen LogP contribution < -0.4 is 5.32 Å². The van der Waals surface area contributed by atoms with E-state index in [9.17, 15) is 0 Å². The lowest BCUT2D eigenvalue weighted by atomic mass is 10.1. The minimum absolute atomic E-state index is 0.826. The van der Waals surface area contributed by atoms with Crippen LogP contribution in [0.2, 0.25) is 0 Å². The molecule has 0 aliphatic rings. The molecule has 0 saturated heterocycles. The summed E-state index contributed by atoms with van der Waals surface area (Å²) in [7, 11) is 0. The highest BCUT2D eigenvalue weighted by atomic mass is 15.3. The Morgan fingerprint density at radius 3 is 2.52 bits per heavy atom. The van der Waals surface area contributed by atoms with Gasteiger partial charge in [0.2, 0.25) is 0 Å². The van der Waals surface area contributed by atoms with Gasteiger partial charge in [-0.25, -0.2) is 4.68 Å². The Labute approximate surface area is 125 Å². The van der Waals surface area contributed by atoms with Crippen LogP contribution in [0.1, 0.15) is 18.1 Å². The quantitative estimate of drug-likeness (QED) is 0.762. The number of rotatable bonds is 5. The topological polar surface area (TPSA) is 29.9 Å². The van der Waals surface area contributed by atoms with Crippen LogP contribution in [0, 0.1) is 0 Å². The number of anilines is 1. The fourth-order valence-corrected chi connectivity index (χ4v) is 2.28. The number of nitrogens with one attached hydrogen (secondary N) is 1. The zero-order valence-electron chi connectivity index (χ0n) is 12.2. The molecular weight excluding hydrogens is 258 g/mol. The van der Waals surface area contributed by atoms with Crippen LogP contribution in [0.5, 0.6) is 0 Å². The van der Waals surface area contributed by atoms with E-state index >= 15 is 0 Å². The second-order valence-corrected chi connectivity index (χ2v) is 5.02. The predicted octanol–water partition coefficient (Wildman–Crippen LogP) is 4.05. The minimum Gasteiger partial charge on any atom is -0.381 e. The fourth-order valence-electron chi connectivity index (χ4n) is 2.28. The van der Waals surface area contributed by atoms with Crippen molar-refractivity contribution in [2.45, 2.75) is 19.9 Å². The molecule has 106 valence electrons. The number of nitrogens with zero attached hydrogens (tertiary/aromatic N) is 2. The summed E-state index contributed by atoms with van der Waals surface area (Å²) in [6.07, 6.45) is 4.82. The van der Waals surface area contributed by atoms with Crippen LogP contribution >= 0.6 is 0 Å². The number of hydrogen-bond donors (Lipinski definition) is 1. The van der Waals surface area contributed by atoms with Crippen molar-refractivity contribution in [1.29, 1.82) is 0 Å². The summed E-state index contributed by atoms with van der Waals surface area (Å²) in [6, 6.07) is 18.9. The van der Waals surface area contributed by atoms with Gasteiger partial charge in [-0.15, -0.1) is 0 Å². The zero-order valence-corrected chi connectivity index (χ0v) is 12.2. The smallest absolute Gasteiger partial charge is 0.0666 e. The average Bonchev–Trinajstić information content (AvgIpc) is 3.08. The molecule has 0 spiro atoms. The summed E-state index contributed by atoms with van der Waals surface area (Å²) >= 11 is 0. The first kappa shape index (κ1) is 13.4. The standard InChI is InChI=1S/C18H19N3/c1-2-15-7-9-16(10-8-15)14-19-17-5-3-6-18(13-17)21-12-4-11-20-21/h3-13,19H,2,14H2,1H3. The van der Waals surface area contributed by atoms with Crippen molar-refractivity contribution in [3.05, 3.63) is 78.1 Å². The van der Waals surface area contributed by atoms with E-state index in [0.29, 0.717) is 0 Å². The summed E-state index contributed by atoms with van der Waals surface area (Å²) in [5.41, 5.74) is 4.82. The van der Waals surface area contributed by atoms with Crippen molar-refractivity contribution >= 4 is 5.69 Å². The molecular formula is C18H19N3. The van der Waals surface area contributed by atoms with E-state index in [-0.39, 0.29) is 0 Å². The van der Waals surface area contributed by atoms with Crippen LogP contribution in [0.3, 0.4) is 0 Å². The second kappa shape index (κ2) is 6.27. The third-order valence-corrected chi connectivity index (χ3v) is 3.54. The molecule has 1 N–H and O–H groups in total. The van der Waals surface area contributed by atoms with E-state index in [0.717, 1.165) is 24.3 Å². The largest absolute Gasteiger partial charge is 0.381 e. The predicted molar refractivity (Wildman–Crippen MR) is 86.7 cm³/mol. The van der Waals surface area contributed by atoms with Gasteiger partial charge in [0.05, 0.1) is 5.69 Å². The molecule has 1 heterocycles. The van der Waals surface area contributed by atoms with Gasteiger partial charge >= 0.3 is 0 Å².